The van der Waals surface area contributed by atoms with Gasteiger partial charge in [-0.3, -0.25) is 9.69 Å². The number of carbonyl (C=O) groups is 2. The molecule has 2 aromatic carbocycles. The normalized spacial score (nSPS) is 14.4. The highest BCUT2D eigenvalue weighted by Crippen LogP contribution is 2.23. The van der Waals surface area contributed by atoms with Crippen LogP contribution in [-0.2, 0) is 4.79 Å². The summed E-state index contributed by atoms with van der Waals surface area (Å²) in [7, 11) is 1.97. The van der Waals surface area contributed by atoms with Crippen LogP contribution in [0.15, 0.2) is 72.9 Å². The number of ether oxygens (including phenoxy) is 1. The molecule has 0 saturated carbocycles. The molecule has 0 aliphatic carbocycles. The van der Waals surface area contributed by atoms with Gasteiger partial charge in [-0.25, -0.2) is 9.78 Å². The van der Waals surface area contributed by atoms with E-state index in [1.165, 1.54) is 6.20 Å². The minimum Gasteiger partial charge on any atom is -0.478 e. The molecule has 0 bridgehead atoms. The van der Waals surface area contributed by atoms with Gasteiger partial charge in [-0.15, -0.1) is 0 Å². The van der Waals surface area contributed by atoms with E-state index in [4.69, 9.17) is 9.84 Å². The van der Waals surface area contributed by atoms with E-state index in [1.54, 1.807) is 12.1 Å². The summed E-state index contributed by atoms with van der Waals surface area (Å²) in [5.41, 5.74) is 0.909. The Bertz CT molecular complexity index is 1100. The predicted molar refractivity (Wildman–Crippen MR) is 131 cm³/mol. The van der Waals surface area contributed by atoms with Crippen LogP contribution in [0, 0.1) is 0 Å². The molecular formula is C26H28N4O4. The van der Waals surface area contributed by atoms with Crippen molar-refractivity contribution in [2.45, 2.75) is 18.9 Å². The second-order valence-electron chi connectivity index (χ2n) is 8.32. The van der Waals surface area contributed by atoms with E-state index in [9.17, 15) is 9.59 Å². The van der Waals surface area contributed by atoms with Gasteiger partial charge in [-0.05, 0) is 61.4 Å². The van der Waals surface area contributed by atoms with Crippen molar-refractivity contribution in [3.05, 3.63) is 78.5 Å². The lowest BCUT2D eigenvalue weighted by atomic mass is 10.0. The number of carboxylic acid groups (broad SMARTS) is 1. The number of pyridine rings is 1. The smallest absolute Gasteiger partial charge is 0.337 e. The monoisotopic (exact) mass is 460 g/mol. The number of likely N-dealkylation sites (tertiary alicyclic amines) is 1. The highest BCUT2D eigenvalue weighted by molar-refractivity contribution is 5.92. The summed E-state index contributed by atoms with van der Waals surface area (Å²) in [6.07, 6.45) is 3.18. The third-order valence-electron chi connectivity index (χ3n) is 5.95. The number of piperidine rings is 1. The van der Waals surface area contributed by atoms with Gasteiger partial charge < -0.3 is 20.1 Å². The Morgan fingerprint density at radius 2 is 1.71 bits per heavy atom. The highest BCUT2D eigenvalue weighted by atomic mass is 16.5. The number of hydrogen-bond acceptors (Lipinski definition) is 6. The molecule has 1 fully saturated rings. The van der Waals surface area contributed by atoms with E-state index in [0.29, 0.717) is 18.3 Å². The average Bonchev–Trinajstić information content (AvgIpc) is 2.86. The fourth-order valence-electron chi connectivity index (χ4n) is 4.01. The van der Waals surface area contributed by atoms with Gasteiger partial charge in [0.15, 0.2) is 0 Å². The summed E-state index contributed by atoms with van der Waals surface area (Å²) in [4.78, 5) is 32.0. The molecule has 3 aromatic rings. The van der Waals surface area contributed by atoms with Crippen molar-refractivity contribution in [2.24, 2.45) is 0 Å². The van der Waals surface area contributed by atoms with Crippen molar-refractivity contribution < 1.29 is 19.4 Å². The number of hydrogen-bond donors (Lipinski definition) is 2. The van der Waals surface area contributed by atoms with Crippen LogP contribution in [0.3, 0.4) is 0 Å². The Balaban J connectivity index is 1.22. The zero-order chi connectivity index (χ0) is 23.9. The molecule has 1 saturated heterocycles. The number of rotatable bonds is 8. The number of anilines is 2. The summed E-state index contributed by atoms with van der Waals surface area (Å²) < 4.78 is 5.78. The second kappa shape index (κ2) is 10.8. The maximum atomic E-state index is 12.5. The first kappa shape index (κ1) is 23.3. The minimum atomic E-state index is -0.982. The molecule has 1 amide bonds. The molecule has 8 nitrogen and oxygen atoms in total. The van der Waals surface area contributed by atoms with Crippen molar-refractivity contribution in [3.8, 4) is 11.5 Å². The van der Waals surface area contributed by atoms with Crippen LogP contribution < -0.4 is 15.0 Å². The Morgan fingerprint density at radius 1 is 1.03 bits per heavy atom. The third kappa shape index (κ3) is 6.11. The Morgan fingerprint density at radius 3 is 2.32 bits per heavy atom. The standard InChI is InChI=1S/C26H28N4O4/c1-29(24-12-7-19(17-27-24)26(32)33)21-13-15-30(16-14-21)18-25(31)28-20-8-10-23(11-9-20)34-22-5-3-2-4-6-22/h2-12,17,21H,13-16,18H2,1H3,(H,28,31)(H,32,33). The van der Waals surface area contributed by atoms with Crippen LogP contribution in [0.5, 0.6) is 11.5 Å². The van der Waals surface area contributed by atoms with E-state index in [2.05, 4.69) is 20.1 Å². The molecule has 34 heavy (non-hydrogen) atoms. The maximum absolute atomic E-state index is 12.5. The Kier molecular flexibility index (Phi) is 7.39. The van der Waals surface area contributed by atoms with Crippen LogP contribution in [-0.4, -0.2) is 59.6 Å². The predicted octanol–water partition coefficient (Wildman–Crippen LogP) is 4.11. The molecule has 0 spiro atoms. The van der Waals surface area contributed by atoms with Gasteiger partial charge in [0.1, 0.15) is 17.3 Å². The lowest BCUT2D eigenvalue weighted by Gasteiger charge is -2.37. The molecule has 0 atom stereocenters. The number of carbonyl (C=O) groups excluding carboxylic acids is 1. The molecule has 0 unspecified atom stereocenters. The van der Waals surface area contributed by atoms with Crippen molar-refractivity contribution in [2.75, 3.05) is 36.9 Å². The van der Waals surface area contributed by atoms with Crippen molar-refractivity contribution in [1.29, 1.82) is 0 Å². The van der Waals surface area contributed by atoms with Crippen molar-refractivity contribution in [3.63, 3.8) is 0 Å². The van der Waals surface area contributed by atoms with Gasteiger partial charge in [0, 0.05) is 38.1 Å². The number of amides is 1. The molecule has 2 heterocycles. The molecule has 176 valence electrons. The first-order valence-electron chi connectivity index (χ1n) is 11.3. The van der Waals surface area contributed by atoms with Crippen LogP contribution >= 0.6 is 0 Å². The fourth-order valence-corrected chi connectivity index (χ4v) is 4.01. The first-order chi connectivity index (χ1) is 16.5. The first-order valence-corrected chi connectivity index (χ1v) is 11.3. The molecule has 1 aliphatic rings. The van der Waals surface area contributed by atoms with Crippen molar-refractivity contribution >= 4 is 23.4 Å². The molecule has 1 aliphatic heterocycles. The van der Waals surface area contributed by atoms with Crippen LogP contribution in [0.2, 0.25) is 0 Å². The van der Waals surface area contributed by atoms with E-state index in [1.807, 2.05) is 61.6 Å². The van der Waals surface area contributed by atoms with E-state index in [-0.39, 0.29) is 11.5 Å². The fraction of sp³-hybridized carbons (Fsp3) is 0.269. The van der Waals surface area contributed by atoms with Crippen LogP contribution in [0.1, 0.15) is 23.2 Å². The summed E-state index contributed by atoms with van der Waals surface area (Å²) in [6.45, 7) is 1.95. The lowest BCUT2D eigenvalue weighted by Crippen LogP contribution is -2.45. The molecule has 0 radical (unpaired) electrons. The topological polar surface area (TPSA) is 95.0 Å². The number of nitrogens with one attached hydrogen (secondary N) is 1. The number of aromatic carboxylic acids is 1. The summed E-state index contributed by atoms with van der Waals surface area (Å²) in [5.74, 6) is 1.20. The largest absolute Gasteiger partial charge is 0.478 e. The second-order valence-corrected chi connectivity index (χ2v) is 8.32. The molecular weight excluding hydrogens is 432 g/mol. The van der Waals surface area contributed by atoms with E-state index in [0.717, 1.165) is 43.2 Å². The van der Waals surface area contributed by atoms with Gasteiger partial charge in [0.25, 0.3) is 0 Å². The minimum absolute atomic E-state index is 0.0468. The number of aromatic nitrogens is 1. The lowest BCUT2D eigenvalue weighted by molar-refractivity contribution is -0.117. The maximum Gasteiger partial charge on any atom is 0.337 e. The number of nitrogens with zero attached hydrogens (tertiary/aromatic N) is 3. The van der Waals surface area contributed by atoms with Gasteiger partial charge in [-0.2, -0.15) is 0 Å². The third-order valence-corrected chi connectivity index (χ3v) is 5.95. The number of carboxylic acids is 1. The van der Waals surface area contributed by atoms with E-state index >= 15 is 0 Å². The molecule has 4 rings (SSSR count). The van der Waals surface area contributed by atoms with Gasteiger partial charge >= 0.3 is 5.97 Å². The summed E-state index contributed by atoms with van der Waals surface area (Å²) in [6, 6.07) is 20.5. The summed E-state index contributed by atoms with van der Waals surface area (Å²) in [5, 5.41) is 12.0. The highest BCUT2D eigenvalue weighted by Gasteiger charge is 2.24. The Labute approximate surface area is 198 Å². The van der Waals surface area contributed by atoms with E-state index < -0.39 is 5.97 Å². The van der Waals surface area contributed by atoms with Gasteiger partial charge in [0.2, 0.25) is 5.91 Å². The molecule has 2 N–H and O–H groups in total. The zero-order valence-corrected chi connectivity index (χ0v) is 19.1. The van der Waals surface area contributed by atoms with Crippen molar-refractivity contribution in [1.82, 2.24) is 9.88 Å². The van der Waals surface area contributed by atoms with Crippen LogP contribution in [0.4, 0.5) is 11.5 Å². The summed E-state index contributed by atoms with van der Waals surface area (Å²) >= 11 is 0. The number of para-hydroxylation sites is 1. The average molecular weight is 461 g/mol. The zero-order valence-electron chi connectivity index (χ0n) is 19.1. The molecule has 1 aromatic heterocycles. The van der Waals surface area contributed by atoms with Crippen LogP contribution in [0.25, 0.3) is 0 Å². The Hall–Kier alpha value is -3.91. The number of benzene rings is 2. The SMILES string of the molecule is CN(c1ccc(C(=O)O)cn1)C1CCN(CC(=O)Nc2ccc(Oc3ccccc3)cc2)CC1. The van der Waals surface area contributed by atoms with Gasteiger partial charge in [-0.1, -0.05) is 18.2 Å². The van der Waals surface area contributed by atoms with Gasteiger partial charge in [0.05, 0.1) is 12.1 Å². The molecule has 8 heteroatoms. The quantitative estimate of drug-likeness (QED) is 0.522.